The van der Waals surface area contributed by atoms with Gasteiger partial charge in [0.05, 0.1) is 11.6 Å². The van der Waals surface area contributed by atoms with Gasteiger partial charge in [0.15, 0.2) is 0 Å². The first-order valence-electron chi connectivity index (χ1n) is 7.63. The number of rotatable bonds is 8. The molecule has 1 aliphatic carbocycles. The van der Waals surface area contributed by atoms with E-state index in [1.54, 1.807) is 25.3 Å². The Morgan fingerprint density at radius 1 is 1.42 bits per heavy atom. The number of carbonyl (C=O) groups excluding carboxylic acids is 1. The third-order valence-electron chi connectivity index (χ3n) is 3.58. The van der Waals surface area contributed by atoms with Gasteiger partial charge in [0.25, 0.3) is 0 Å². The van der Waals surface area contributed by atoms with Crippen LogP contribution in [0.3, 0.4) is 0 Å². The summed E-state index contributed by atoms with van der Waals surface area (Å²) in [5.74, 6) is 0.893. The highest BCUT2D eigenvalue weighted by Gasteiger charge is 2.23. The lowest BCUT2D eigenvalue weighted by atomic mass is 9.99. The smallest absolute Gasteiger partial charge is 0.334 e. The molecule has 0 amide bonds. The Kier molecular flexibility index (Phi) is 6.26. The molecule has 0 aromatic heterocycles. The summed E-state index contributed by atoms with van der Waals surface area (Å²) in [6.07, 6.45) is 4.51. The molecule has 1 aromatic rings. The number of hydrogen-bond acceptors (Lipinski definition) is 4. The van der Waals surface area contributed by atoms with Gasteiger partial charge in [0.1, 0.15) is 24.2 Å². The Morgan fingerprint density at radius 3 is 2.62 bits per heavy atom. The Bertz CT molecular complexity index is 691. The Labute approximate surface area is 150 Å². The van der Waals surface area contributed by atoms with Gasteiger partial charge in [-0.2, -0.15) is 0 Å². The molecule has 0 saturated heterocycles. The highest BCUT2D eigenvalue weighted by molar-refractivity contribution is 9.10. The van der Waals surface area contributed by atoms with E-state index < -0.39 is 6.10 Å². The summed E-state index contributed by atoms with van der Waals surface area (Å²) in [6, 6.07) is 3.58. The number of methoxy groups -OCH3 is 1. The Balaban J connectivity index is 2.29. The molecule has 0 radical (unpaired) electrons. The Hall–Kier alpha value is -2.01. The molecule has 1 aliphatic rings. The van der Waals surface area contributed by atoms with Crippen LogP contribution >= 0.6 is 15.9 Å². The van der Waals surface area contributed by atoms with Crippen molar-refractivity contribution in [2.24, 2.45) is 0 Å². The van der Waals surface area contributed by atoms with Crippen molar-refractivity contribution < 1.29 is 19.0 Å². The second-order valence-corrected chi connectivity index (χ2v) is 6.45. The maximum absolute atomic E-state index is 12.1. The van der Waals surface area contributed by atoms with E-state index in [4.69, 9.17) is 14.2 Å². The van der Waals surface area contributed by atoms with E-state index in [-0.39, 0.29) is 5.97 Å². The summed E-state index contributed by atoms with van der Waals surface area (Å²) < 4.78 is 17.5. The van der Waals surface area contributed by atoms with Gasteiger partial charge in [-0.1, -0.05) is 19.2 Å². The molecule has 1 atom stereocenters. The molecule has 0 spiro atoms. The van der Waals surface area contributed by atoms with Crippen LogP contribution in [0.1, 0.15) is 31.4 Å². The van der Waals surface area contributed by atoms with Crippen LogP contribution in [0.5, 0.6) is 11.5 Å². The molecular formula is C19H21BrO4. The van der Waals surface area contributed by atoms with Crippen LogP contribution < -0.4 is 9.47 Å². The average molecular weight is 393 g/mol. The lowest BCUT2D eigenvalue weighted by Crippen LogP contribution is -2.15. The first-order chi connectivity index (χ1) is 11.5. The first kappa shape index (κ1) is 18.3. The topological polar surface area (TPSA) is 44.8 Å². The number of halogens is 1. The number of allylic oxidation sites excluding steroid dienone is 1. The fourth-order valence-corrected chi connectivity index (χ4v) is 2.60. The second-order valence-electron chi connectivity index (χ2n) is 5.60. The quantitative estimate of drug-likeness (QED) is 0.465. The predicted molar refractivity (Wildman–Crippen MR) is 97.4 cm³/mol. The fourth-order valence-electron chi connectivity index (χ4n) is 2.17. The molecule has 5 heteroatoms. The van der Waals surface area contributed by atoms with Gasteiger partial charge >= 0.3 is 5.97 Å². The highest BCUT2D eigenvalue weighted by atomic mass is 79.9. The summed E-state index contributed by atoms with van der Waals surface area (Å²) in [7, 11) is 1.57. The molecule has 0 fully saturated rings. The van der Waals surface area contributed by atoms with E-state index in [2.05, 4.69) is 29.1 Å². The summed E-state index contributed by atoms with van der Waals surface area (Å²) in [5, 5.41) is 0. The minimum absolute atomic E-state index is 0.319. The zero-order valence-electron chi connectivity index (χ0n) is 13.9. The van der Waals surface area contributed by atoms with Crippen LogP contribution in [0.4, 0.5) is 0 Å². The third kappa shape index (κ3) is 4.29. The van der Waals surface area contributed by atoms with E-state index in [0.717, 1.165) is 22.9 Å². The molecule has 0 saturated carbocycles. The van der Waals surface area contributed by atoms with Gasteiger partial charge in [-0.3, -0.25) is 0 Å². The van der Waals surface area contributed by atoms with Crippen LogP contribution in [-0.2, 0) is 9.53 Å². The molecule has 0 N–H and O–H groups in total. The number of hydrogen-bond donors (Lipinski definition) is 0. The van der Waals surface area contributed by atoms with E-state index in [1.807, 2.05) is 13.0 Å². The molecule has 1 unspecified atom stereocenters. The van der Waals surface area contributed by atoms with Crippen molar-refractivity contribution in [2.45, 2.75) is 25.9 Å². The first-order valence-corrected chi connectivity index (χ1v) is 8.42. The predicted octanol–water partition coefficient (Wildman–Crippen LogP) is 4.90. The summed E-state index contributed by atoms with van der Waals surface area (Å²) in [5.41, 5.74) is 2.29. The third-order valence-corrected chi connectivity index (χ3v) is 4.20. The summed E-state index contributed by atoms with van der Waals surface area (Å²) >= 11 is 3.46. The minimum atomic E-state index is -0.616. The summed E-state index contributed by atoms with van der Waals surface area (Å²) in [6.45, 7) is 9.89. The molecule has 128 valence electrons. The van der Waals surface area contributed by atoms with E-state index in [1.165, 1.54) is 0 Å². The van der Waals surface area contributed by atoms with Gasteiger partial charge in [-0.25, -0.2) is 4.79 Å². The van der Waals surface area contributed by atoms with E-state index in [0.29, 0.717) is 29.2 Å². The van der Waals surface area contributed by atoms with Gasteiger partial charge in [-0.15, -0.1) is 0 Å². The molecule has 24 heavy (non-hydrogen) atoms. The van der Waals surface area contributed by atoms with Crippen LogP contribution in [-0.4, -0.2) is 19.7 Å². The van der Waals surface area contributed by atoms with Crippen LogP contribution in [0, 0.1) is 0 Å². The monoisotopic (exact) mass is 392 g/mol. The number of benzene rings is 1. The van der Waals surface area contributed by atoms with Crippen LogP contribution in [0.15, 0.2) is 53.1 Å². The van der Waals surface area contributed by atoms with Crippen LogP contribution in [0.2, 0.25) is 0 Å². The van der Waals surface area contributed by atoms with Crippen molar-refractivity contribution in [3.8, 4) is 11.5 Å². The summed E-state index contributed by atoms with van der Waals surface area (Å²) in [4.78, 5) is 12.1. The molecule has 0 bridgehead atoms. The van der Waals surface area contributed by atoms with Crippen molar-refractivity contribution in [3.05, 3.63) is 58.6 Å². The minimum Gasteiger partial charge on any atom is -0.496 e. The second kappa shape index (κ2) is 8.20. The van der Waals surface area contributed by atoms with Gasteiger partial charge < -0.3 is 14.2 Å². The fraction of sp³-hybridized carbons (Fsp3) is 0.316. The molecular weight excluding hydrogens is 372 g/mol. The zero-order chi connectivity index (χ0) is 17.7. The molecule has 0 aliphatic heterocycles. The van der Waals surface area contributed by atoms with Crippen molar-refractivity contribution in [1.29, 1.82) is 0 Å². The Morgan fingerprint density at radius 2 is 2.12 bits per heavy atom. The van der Waals surface area contributed by atoms with Crippen LogP contribution in [0.25, 0.3) is 0 Å². The molecule has 4 nitrogen and oxygen atoms in total. The van der Waals surface area contributed by atoms with Crippen molar-refractivity contribution in [2.75, 3.05) is 13.7 Å². The SMILES string of the molecule is C=CC(OC(=O)C1=CCC1)c1cc(OCC(=C)C)c(Br)cc1OC. The molecule has 1 aromatic carbocycles. The maximum atomic E-state index is 12.1. The number of esters is 1. The normalized spacial score (nSPS) is 14.0. The van der Waals surface area contributed by atoms with Crippen molar-refractivity contribution in [1.82, 2.24) is 0 Å². The largest absolute Gasteiger partial charge is 0.496 e. The zero-order valence-corrected chi connectivity index (χ0v) is 15.5. The molecule has 2 rings (SSSR count). The van der Waals surface area contributed by atoms with Gasteiger partial charge in [0.2, 0.25) is 0 Å². The van der Waals surface area contributed by atoms with Gasteiger partial charge in [0, 0.05) is 11.1 Å². The average Bonchev–Trinajstić information content (AvgIpc) is 2.49. The number of ether oxygens (including phenoxy) is 3. The van der Waals surface area contributed by atoms with Crippen molar-refractivity contribution >= 4 is 21.9 Å². The van der Waals surface area contributed by atoms with E-state index in [9.17, 15) is 4.79 Å². The molecule has 0 heterocycles. The maximum Gasteiger partial charge on any atom is 0.334 e. The highest BCUT2D eigenvalue weighted by Crippen LogP contribution is 2.38. The standard InChI is InChI=1S/C19H21BrO4/c1-5-16(24-19(21)13-7-6-8-13)14-9-18(23-11-12(2)3)15(20)10-17(14)22-4/h5,7,9-10,16H,1-2,6,8,11H2,3-4H3. The van der Waals surface area contributed by atoms with E-state index >= 15 is 0 Å². The lowest BCUT2D eigenvalue weighted by Gasteiger charge is -2.21. The van der Waals surface area contributed by atoms with Crippen molar-refractivity contribution in [3.63, 3.8) is 0 Å². The lowest BCUT2D eigenvalue weighted by molar-refractivity contribution is -0.143. The number of carbonyl (C=O) groups is 1. The van der Waals surface area contributed by atoms with Gasteiger partial charge in [-0.05, 0) is 59.5 Å².